The van der Waals surface area contributed by atoms with E-state index in [4.69, 9.17) is 10.5 Å². The molecule has 0 saturated carbocycles. The van der Waals surface area contributed by atoms with Gasteiger partial charge in [-0.2, -0.15) is 0 Å². The number of carbonyl (C=O) groups is 1. The maximum atomic E-state index is 13.0. The molecule has 4 nitrogen and oxygen atoms in total. The maximum absolute atomic E-state index is 13.0. The van der Waals surface area contributed by atoms with Crippen molar-refractivity contribution in [2.24, 2.45) is 0 Å². The normalized spacial score (nSPS) is 10.2. The summed E-state index contributed by atoms with van der Waals surface area (Å²) in [6.45, 7) is -0.0713. The Labute approximate surface area is 107 Å². The molecule has 2 N–H and O–H groups in total. The molecule has 0 aliphatic rings. The number of esters is 1. The predicted molar refractivity (Wildman–Crippen MR) is 64.1 cm³/mol. The van der Waals surface area contributed by atoms with Crippen molar-refractivity contribution < 1.29 is 18.3 Å². The third-order valence-electron chi connectivity index (χ3n) is 2.39. The minimum absolute atomic E-state index is 0.0713. The molecule has 0 spiro atoms. The monoisotopic (exact) mass is 264 g/mol. The number of anilines is 1. The lowest BCUT2D eigenvalue weighted by Crippen LogP contribution is -2.10. The lowest BCUT2D eigenvalue weighted by atomic mass is 10.1. The molecule has 0 unspecified atom stereocenters. The molecule has 0 atom stereocenters. The molecular formula is C13H10F2N2O2. The number of aromatic nitrogens is 1. The Balaban J connectivity index is 2.10. The van der Waals surface area contributed by atoms with Crippen LogP contribution in [0.3, 0.4) is 0 Å². The number of carbonyl (C=O) groups excluding carboxylic acids is 1. The van der Waals surface area contributed by atoms with Crippen LogP contribution >= 0.6 is 0 Å². The second kappa shape index (κ2) is 5.43. The lowest BCUT2D eigenvalue weighted by Gasteiger charge is -2.07. The fourth-order valence-corrected chi connectivity index (χ4v) is 1.44. The molecule has 0 aliphatic carbocycles. The number of pyridine rings is 1. The molecule has 0 radical (unpaired) electrons. The van der Waals surface area contributed by atoms with Crippen LogP contribution in [0, 0.1) is 11.6 Å². The highest BCUT2D eigenvalue weighted by molar-refractivity contribution is 5.95. The van der Waals surface area contributed by atoms with E-state index in [2.05, 4.69) is 4.98 Å². The fraction of sp³-hybridized carbons (Fsp3) is 0.0769. The van der Waals surface area contributed by atoms with Crippen molar-refractivity contribution >= 4 is 11.7 Å². The van der Waals surface area contributed by atoms with Gasteiger partial charge in [-0.25, -0.2) is 13.6 Å². The zero-order valence-corrected chi connectivity index (χ0v) is 9.77. The van der Waals surface area contributed by atoms with E-state index in [1.165, 1.54) is 0 Å². The number of benzene rings is 1. The van der Waals surface area contributed by atoms with E-state index >= 15 is 0 Å². The summed E-state index contributed by atoms with van der Waals surface area (Å²) in [5, 5.41) is 0. The second-order valence-electron chi connectivity index (χ2n) is 3.75. The van der Waals surface area contributed by atoms with Gasteiger partial charge in [0.25, 0.3) is 0 Å². The highest BCUT2D eigenvalue weighted by Gasteiger charge is 2.15. The summed E-state index contributed by atoms with van der Waals surface area (Å²) in [6, 6.07) is 6.58. The summed E-state index contributed by atoms with van der Waals surface area (Å²) in [7, 11) is 0. The van der Waals surface area contributed by atoms with Crippen molar-refractivity contribution in [2.75, 3.05) is 5.73 Å². The van der Waals surface area contributed by atoms with Crippen LogP contribution in [0.4, 0.5) is 14.5 Å². The van der Waals surface area contributed by atoms with Crippen molar-refractivity contribution in [3.8, 4) is 0 Å². The quantitative estimate of drug-likeness (QED) is 0.682. The zero-order chi connectivity index (χ0) is 13.8. The van der Waals surface area contributed by atoms with Gasteiger partial charge in [0.15, 0.2) is 11.6 Å². The molecule has 1 aromatic carbocycles. The molecule has 0 bridgehead atoms. The van der Waals surface area contributed by atoms with E-state index in [-0.39, 0.29) is 17.9 Å². The van der Waals surface area contributed by atoms with Crippen molar-refractivity contribution in [1.29, 1.82) is 0 Å². The largest absolute Gasteiger partial charge is 0.456 e. The molecule has 19 heavy (non-hydrogen) atoms. The SMILES string of the molecule is Nc1cc(F)c(F)cc1C(=O)OCc1ccccn1. The van der Waals surface area contributed by atoms with E-state index < -0.39 is 17.6 Å². The zero-order valence-electron chi connectivity index (χ0n) is 9.77. The van der Waals surface area contributed by atoms with Gasteiger partial charge < -0.3 is 10.5 Å². The van der Waals surface area contributed by atoms with Crippen molar-refractivity contribution in [3.05, 3.63) is 59.4 Å². The molecule has 0 amide bonds. The Hall–Kier alpha value is -2.50. The average Bonchev–Trinajstić information content (AvgIpc) is 2.41. The number of nitrogens with zero attached hydrogens (tertiary/aromatic N) is 1. The third-order valence-corrected chi connectivity index (χ3v) is 2.39. The Morgan fingerprint density at radius 1 is 1.26 bits per heavy atom. The molecular weight excluding hydrogens is 254 g/mol. The Bertz CT molecular complexity index is 603. The molecule has 98 valence electrons. The van der Waals surface area contributed by atoms with Gasteiger partial charge in [-0.05, 0) is 18.2 Å². The van der Waals surface area contributed by atoms with E-state index in [9.17, 15) is 13.6 Å². The molecule has 0 aliphatic heterocycles. The third kappa shape index (κ3) is 3.04. The molecule has 2 rings (SSSR count). The Morgan fingerprint density at radius 3 is 2.68 bits per heavy atom. The number of hydrogen-bond donors (Lipinski definition) is 1. The average molecular weight is 264 g/mol. The Kier molecular flexibility index (Phi) is 3.70. The van der Waals surface area contributed by atoms with Gasteiger partial charge in [-0.1, -0.05) is 6.07 Å². The van der Waals surface area contributed by atoms with Crippen molar-refractivity contribution in [3.63, 3.8) is 0 Å². The minimum atomic E-state index is -1.15. The van der Waals surface area contributed by atoms with E-state index in [0.717, 1.165) is 6.07 Å². The van der Waals surface area contributed by atoms with E-state index in [0.29, 0.717) is 11.8 Å². The maximum Gasteiger partial charge on any atom is 0.340 e. The molecule has 0 fully saturated rings. The first-order chi connectivity index (χ1) is 9.08. The van der Waals surface area contributed by atoms with Gasteiger partial charge in [0.1, 0.15) is 6.61 Å². The fourth-order valence-electron chi connectivity index (χ4n) is 1.44. The van der Waals surface area contributed by atoms with Gasteiger partial charge in [0.05, 0.1) is 11.3 Å². The number of nitrogens with two attached hydrogens (primary N) is 1. The summed E-state index contributed by atoms with van der Waals surface area (Å²) in [4.78, 5) is 15.6. The van der Waals surface area contributed by atoms with Gasteiger partial charge in [-0.15, -0.1) is 0 Å². The summed E-state index contributed by atoms with van der Waals surface area (Å²) >= 11 is 0. The van der Waals surface area contributed by atoms with Gasteiger partial charge >= 0.3 is 5.97 Å². The van der Waals surface area contributed by atoms with Crippen LogP contribution < -0.4 is 5.73 Å². The summed E-state index contributed by atoms with van der Waals surface area (Å²) < 4.78 is 30.8. The molecule has 6 heteroatoms. The number of halogens is 2. The first-order valence-corrected chi connectivity index (χ1v) is 5.39. The van der Waals surface area contributed by atoms with Crippen LogP contribution in [0.2, 0.25) is 0 Å². The predicted octanol–water partition coefficient (Wildman–Crippen LogP) is 2.30. The number of hydrogen-bond acceptors (Lipinski definition) is 4. The topological polar surface area (TPSA) is 65.2 Å². The van der Waals surface area contributed by atoms with Gasteiger partial charge in [0, 0.05) is 18.0 Å². The van der Waals surface area contributed by atoms with E-state index in [1.807, 2.05) is 0 Å². The van der Waals surface area contributed by atoms with Crippen molar-refractivity contribution in [1.82, 2.24) is 4.98 Å². The van der Waals surface area contributed by atoms with Crippen LogP contribution in [0.5, 0.6) is 0 Å². The standard InChI is InChI=1S/C13H10F2N2O2/c14-10-5-9(12(16)6-11(10)15)13(18)19-7-8-3-1-2-4-17-8/h1-6H,7,16H2. The first-order valence-electron chi connectivity index (χ1n) is 5.39. The second-order valence-corrected chi connectivity index (χ2v) is 3.75. The van der Waals surface area contributed by atoms with Crippen LogP contribution in [-0.2, 0) is 11.3 Å². The number of ether oxygens (including phenoxy) is 1. The summed E-state index contributed by atoms with van der Waals surface area (Å²) in [5.41, 5.74) is 5.59. The number of rotatable bonds is 3. The van der Waals surface area contributed by atoms with Crippen LogP contribution in [-0.4, -0.2) is 11.0 Å². The lowest BCUT2D eigenvalue weighted by molar-refractivity contribution is 0.0468. The van der Waals surface area contributed by atoms with E-state index in [1.54, 1.807) is 24.4 Å². The summed E-state index contributed by atoms with van der Waals surface area (Å²) in [6.07, 6.45) is 1.55. The van der Waals surface area contributed by atoms with Crippen LogP contribution in [0.1, 0.15) is 16.1 Å². The smallest absolute Gasteiger partial charge is 0.340 e. The highest BCUT2D eigenvalue weighted by atomic mass is 19.2. The Morgan fingerprint density at radius 2 is 2.00 bits per heavy atom. The van der Waals surface area contributed by atoms with Crippen molar-refractivity contribution in [2.45, 2.75) is 6.61 Å². The van der Waals surface area contributed by atoms with Gasteiger partial charge in [-0.3, -0.25) is 4.98 Å². The van der Waals surface area contributed by atoms with Crippen LogP contribution in [0.25, 0.3) is 0 Å². The first kappa shape index (κ1) is 12.9. The number of nitrogen functional groups attached to an aromatic ring is 1. The van der Waals surface area contributed by atoms with Crippen LogP contribution in [0.15, 0.2) is 36.5 Å². The van der Waals surface area contributed by atoms with Gasteiger partial charge in [0.2, 0.25) is 0 Å². The molecule has 2 aromatic rings. The molecule has 0 saturated heterocycles. The minimum Gasteiger partial charge on any atom is -0.456 e. The summed E-state index contributed by atoms with van der Waals surface area (Å²) in [5.74, 6) is -3.10. The molecule has 1 aromatic heterocycles. The molecule has 1 heterocycles. The highest BCUT2D eigenvalue weighted by Crippen LogP contribution is 2.18.